The van der Waals surface area contributed by atoms with Gasteiger partial charge in [0.1, 0.15) is 12.3 Å². The molecule has 1 heterocycles. The zero-order valence-corrected chi connectivity index (χ0v) is 11.1. The van der Waals surface area contributed by atoms with E-state index in [0.717, 1.165) is 6.54 Å². The quantitative estimate of drug-likeness (QED) is 0.831. The summed E-state index contributed by atoms with van der Waals surface area (Å²) in [4.78, 5) is 18.2. The molecule has 1 fully saturated rings. The van der Waals surface area contributed by atoms with Crippen molar-refractivity contribution in [3.8, 4) is 11.8 Å². The Labute approximate surface area is 113 Å². The molecule has 0 aromatic carbocycles. The predicted molar refractivity (Wildman–Crippen MR) is 72.5 cm³/mol. The van der Waals surface area contributed by atoms with Crippen molar-refractivity contribution in [2.75, 3.05) is 20.2 Å². The van der Waals surface area contributed by atoms with Crippen LogP contribution in [0.4, 0.5) is 0 Å². The third-order valence-electron chi connectivity index (χ3n) is 3.42. The number of aliphatic hydroxyl groups is 1. The number of hydrogen-bond acceptors (Lipinski definition) is 3. The number of hydrogen-bond donors (Lipinski definition) is 1. The van der Waals surface area contributed by atoms with Crippen molar-refractivity contribution in [3.05, 3.63) is 29.6 Å². The summed E-state index contributed by atoms with van der Waals surface area (Å²) in [6.45, 7) is 0.558. The molecular formula is C15H18N2O2. The first-order chi connectivity index (χ1) is 9.22. The van der Waals surface area contributed by atoms with E-state index < -0.39 is 0 Å². The molecule has 1 N–H and O–H groups in total. The van der Waals surface area contributed by atoms with Gasteiger partial charge in [0.25, 0.3) is 5.91 Å². The lowest BCUT2D eigenvalue weighted by atomic mass is 9.85. The Bertz CT molecular complexity index is 512. The number of carbonyl (C=O) groups excluding carboxylic acids is 1. The van der Waals surface area contributed by atoms with Crippen LogP contribution in [-0.4, -0.2) is 41.1 Å². The van der Waals surface area contributed by atoms with Gasteiger partial charge < -0.3 is 10.0 Å². The first kappa shape index (κ1) is 13.6. The number of nitrogens with zero attached hydrogens (tertiary/aromatic N) is 2. The lowest BCUT2D eigenvalue weighted by molar-refractivity contribution is 0.0739. The third-order valence-corrected chi connectivity index (χ3v) is 3.42. The molecule has 0 atom stereocenters. The minimum absolute atomic E-state index is 0.102. The van der Waals surface area contributed by atoms with Crippen molar-refractivity contribution >= 4 is 5.91 Å². The van der Waals surface area contributed by atoms with Crippen LogP contribution in [0.5, 0.6) is 0 Å². The van der Waals surface area contributed by atoms with E-state index in [0.29, 0.717) is 17.2 Å². The van der Waals surface area contributed by atoms with E-state index in [9.17, 15) is 4.79 Å². The van der Waals surface area contributed by atoms with E-state index in [1.54, 1.807) is 30.3 Å². The SMILES string of the molecule is CN(CC1CCC1)C(=O)c1ncccc1C#CCO. The molecule has 1 saturated carbocycles. The molecule has 0 unspecified atom stereocenters. The maximum absolute atomic E-state index is 12.3. The van der Waals surface area contributed by atoms with E-state index >= 15 is 0 Å². The van der Waals surface area contributed by atoms with Gasteiger partial charge in [-0.2, -0.15) is 0 Å². The van der Waals surface area contributed by atoms with Crippen molar-refractivity contribution < 1.29 is 9.90 Å². The van der Waals surface area contributed by atoms with Crippen molar-refractivity contribution in [2.24, 2.45) is 5.92 Å². The van der Waals surface area contributed by atoms with Crippen LogP contribution in [0.2, 0.25) is 0 Å². The van der Waals surface area contributed by atoms with Crippen LogP contribution in [0.1, 0.15) is 35.3 Å². The first-order valence-corrected chi connectivity index (χ1v) is 6.52. The molecule has 1 aromatic heterocycles. The van der Waals surface area contributed by atoms with Gasteiger partial charge >= 0.3 is 0 Å². The van der Waals surface area contributed by atoms with Gasteiger partial charge in [-0.25, -0.2) is 4.98 Å². The number of rotatable bonds is 3. The van der Waals surface area contributed by atoms with Gasteiger partial charge in [-0.1, -0.05) is 18.3 Å². The molecular weight excluding hydrogens is 240 g/mol. The second-order valence-electron chi connectivity index (χ2n) is 4.84. The molecule has 19 heavy (non-hydrogen) atoms. The summed E-state index contributed by atoms with van der Waals surface area (Å²) in [6.07, 6.45) is 5.27. The van der Waals surface area contributed by atoms with Crippen LogP contribution in [0, 0.1) is 17.8 Å². The van der Waals surface area contributed by atoms with Crippen LogP contribution in [0.15, 0.2) is 18.3 Å². The average molecular weight is 258 g/mol. The fourth-order valence-corrected chi connectivity index (χ4v) is 2.14. The van der Waals surface area contributed by atoms with Gasteiger partial charge in [-0.05, 0) is 30.9 Å². The van der Waals surface area contributed by atoms with Crippen molar-refractivity contribution in [1.82, 2.24) is 9.88 Å². The van der Waals surface area contributed by atoms with Crippen molar-refractivity contribution in [2.45, 2.75) is 19.3 Å². The second kappa shape index (κ2) is 6.35. The molecule has 1 aliphatic rings. The van der Waals surface area contributed by atoms with Gasteiger partial charge in [0.05, 0.1) is 5.56 Å². The molecule has 4 nitrogen and oxygen atoms in total. The summed E-state index contributed by atoms with van der Waals surface area (Å²) in [6, 6.07) is 3.49. The smallest absolute Gasteiger partial charge is 0.273 e. The zero-order valence-electron chi connectivity index (χ0n) is 11.1. The van der Waals surface area contributed by atoms with Gasteiger partial charge in [-0.15, -0.1) is 0 Å². The summed E-state index contributed by atoms with van der Waals surface area (Å²) in [5.74, 6) is 5.85. The lowest BCUT2D eigenvalue weighted by Gasteiger charge is -2.30. The maximum atomic E-state index is 12.3. The van der Waals surface area contributed by atoms with Gasteiger partial charge in [0.15, 0.2) is 0 Å². The highest BCUT2D eigenvalue weighted by Crippen LogP contribution is 2.27. The Balaban J connectivity index is 2.13. The highest BCUT2D eigenvalue weighted by atomic mass is 16.2. The van der Waals surface area contributed by atoms with Crippen LogP contribution >= 0.6 is 0 Å². The highest BCUT2D eigenvalue weighted by Gasteiger charge is 2.23. The fourth-order valence-electron chi connectivity index (χ4n) is 2.14. The van der Waals surface area contributed by atoms with E-state index in [-0.39, 0.29) is 12.5 Å². The van der Waals surface area contributed by atoms with E-state index in [2.05, 4.69) is 16.8 Å². The molecule has 0 radical (unpaired) electrons. The number of pyridine rings is 1. The monoisotopic (exact) mass is 258 g/mol. The standard InChI is InChI=1S/C15H18N2O2/c1-17(11-12-5-2-6-12)15(19)14-13(8-4-10-18)7-3-9-16-14/h3,7,9,12,18H,2,5-6,10-11H2,1H3. The molecule has 0 spiro atoms. The molecule has 0 saturated heterocycles. The van der Waals surface area contributed by atoms with Crippen LogP contribution < -0.4 is 0 Å². The topological polar surface area (TPSA) is 53.4 Å². The lowest BCUT2D eigenvalue weighted by Crippen LogP contribution is -2.35. The summed E-state index contributed by atoms with van der Waals surface area (Å²) in [7, 11) is 1.80. The van der Waals surface area contributed by atoms with Crippen LogP contribution in [-0.2, 0) is 0 Å². The number of carbonyl (C=O) groups is 1. The van der Waals surface area contributed by atoms with Crippen LogP contribution in [0.25, 0.3) is 0 Å². The van der Waals surface area contributed by atoms with Gasteiger partial charge in [0, 0.05) is 19.8 Å². The van der Waals surface area contributed by atoms with Crippen molar-refractivity contribution in [3.63, 3.8) is 0 Å². The molecule has 4 heteroatoms. The number of aromatic nitrogens is 1. The average Bonchev–Trinajstić information content (AvgIpc) is 2.39. The Morgan fingerprint density at radius 3 is 3.00 bits per heavy atom. The maximum Gasteiger partial charge on any atom is 0.273 e. The Hall–Kier alpha value is -1.86. The predicted octanol–water partition coefficient (Wildman–Crippen LogP) is 1.30. The summed E-state index contributed by atoms with van der Waals surface area (Å²) in [5, 5.41) is 8.74. The number of amides is 1. The first-order valence-electron chi connectivity index (χ1n) is 6.52. The molecule has 1 aromatic rings. The minimum Gasteiger partial charge on any atom is -0.384 e. The molecule has 100 valence electrons. The summed E-state index contributed by atoms with van der Waals surface area (Å²) in [5.41, 5.74) is 0.937. The van der Waals surface area contributed by atoms with Gasteiger partial charge in [0.2, 0.25) is 0 Å². The van der Waals surface area contributed by atoms with Crippen molar-refractivity contribution in [1.29, 1.82) is 0 Å². The largest absolute Gasteiger partial charge is 0.384 e. The molecule has 1 amide bonds. The molecule has 1 aliphatic carbocycles. The Morgan fingerprint density at radius 1 is 1.58 bits per heavy atom. The molecule has 2 rings (SSSR count). The van der Waals surface area contributed by atoms with Crippen LogP contribution in [0.3, 0.4) is 0 Å². The molecule has 0 bridgehead atoms. The van der Waals surface area contributed by atoms with E-state index in [1.807, 2.05) is 0 Å². The second-order valence-corrected chi connectivity index (χ2v) is 4.84. The number of aliphatic hydroxyl groups excluding tert-OH is 1. The molecule has 0 aliphatic heterocycles. The zero-order chi connectivity index (χ0) is 13.7. The minimum atomic E-state index is -0.222. The summed E-state index contributed by atoms with van der Waals surface area (Å²) < 4.78 is 0. The fraction of sp³-hybridized carbons (Fsp3) is 0.467. The Morgan fingerprint density at radius 2 is 2.37 bits per heavy atom. The third kappa shape index (κ3) is 3.33. The van der Waals surface area contributed by atoms with E-state index in [1.165, 1.54) is 19.3 Å². The summed E-state index contributed by atoms with van der Waals surface area (Å²) >= 11 is 0. The normalized spacial score (nSPS) is 14.2. The van der Waals surface area contributed by atoms with Gasteiger partial charge in [-0.3, -0.25) is 4.79 Å². The Kier molecular flexibility index (Phi) is 4.53. The highest BCUT2D eigenvalue weighted by molar-refractivity contribution is 5.94. The van der Waals surface area contributed by atoms with E-state index in [4.69, 9.17) is 5.11 Å².